The largest absolute Gasteiger partial charge is 0.489 e. The number of carbonyl (C=O) groups is 1. The second-order valence-corrected chi connectivity index (χ2v) is 11.1. The third kappa shape index (κ3) is 6.27. The highest BCUT2D eigenvalue weighted by Crippen LogP contribution is 2.37. The molecule has 0 saturated carbocycles. The molecular formula is C33H39FN2O2. The zero-order chi connectivity index (χ0) is 26.5. The van der Waals surface area contributed by atoms with Crippen molar-refractivity contribution in [3.8, 4) is 5.75 Å². The van der Waals surface area contributed by atoms with Crippen molar-refractivity contribution in [3.05, 3.63) is 101 Å². The van der Waals surface area contributed by atoms with Crippen molar-refractivity contribution in [2.24, 2.45) is 11.8 Å². The lowest BCUT2D eigenvalue weighted by Gasteiger charge is -2.42. The molecule has 4 nitrogen and oxygen atoms in total. The van der Waals surface area contributed by atoms with Gasteiger partial charge in [0.2, 0.25) is 5.91 Å². The van der Waals surface area contributed by atoms with Gasteiger partial charge in [0.15, 0.2) is 0 Å². The van der Waals surface area contributed by atoms with Gasteiger partial charge in [0.05, 0.1) is 6.04 Å². The van der Waals surface area contributed by atoms with Gasteiger partial charge in [0.1, 0.15) is 18.2 Å². The zero-order valence-corrected chi connectivity index (χ0v) is 22.6. The fourth-order valence-corrected chi connectivity index (χ4v) is 6.05. The molecule has 0 aliphatic carbocycles. The fraction of sp³-hybridized carbons (Fsp3) is 0.424. The maximum Gasteiger partial charge on any atom is 0.226 e. The Hall–Kier alpha value is -3.18. The van der Waals surface area contributed by atoms with E-state index in [1.807, 2.05) is 30.3 Å². The molecule has 1 amide bonds. The second kappa shape index (κ2) is 12.1. The molecule has 2 heterocycles. The Balaban J connectivity index is 1.12. The number of hydrogen-bond acceptors (Lipinski definition) is 3. The van der Waals surface area contributed by atoms with Gasteiger partial charge < -0.3 is 14.5 Å². The van der Waals surface area contributed by atoms with Crippen molar-refractivity contribution >= 4 is 5.91 Å². The van der Waals surface area contributed by atoms with Gasteiger partial charge >= 0.3 is 0 Å². The average Bonchev–Trinajstić information content (AvgIpc) is 2.95. The molecule has 1 saturated heterocycles. The SMILES string of the molecule is CC(C)C1c2ccc(F)cc2CCN1C(=O)C1CCN(CCc2cccc(OCc3ccccc3)c2)CC1. The summed E-state index contributed by atoms with van der Waals surface area (Å²) in [4.78, 5) is 18.2. The number of hydrogen-bond donors (Lipinski definition) is 0. The summed E-state index contributed by atoms with van der Waals surface area (Å²) >= 11 is 0. The Kier molecular flexibility index (Phi) is 8.43. The van der Waals surface area contributed by atoms with E-state index >= 15 is 0 Å². The molecule has 0 bridgehead atoms. The minimum Gasteiger partial charge on any atom is -0.489 e. The summed E-state index contributed by atoms with van der Waals surface area (Å²) in [6, 6.07) is 23.7. The maximum absolute atomic E-state index is 13.8. The van der Waals surface area contributed by atoms with Crippen LogP contribution in [-0.2, 0) is 24.2 Å². The number of fused-ring (bicyclic) bond motifs is 1. The second-order valence-electron chi connectivity index (χ2n) is 11.1. The predicted molar refractivity (Wildman–Crippen MR) is 149 cm³/mol. The summed E-state index contributed by atoms with van der Waals surface area (Å²) in [5.41, 5.74) is 4.61. The Morgan fingerprint density at radius 2 is 1.71 bits per heavy atom. The molecule has 2 aliphatic heterocycles. The fourth-order valence-electron chi connectivity index (χ4n) is 6.05. The summed E-state index contributed by atoms with van der Waals surface area (Å²) in [6.07, 6.45) is 3.50. The van der Waals surface area contributed by atoms with E-state index in [-0.39, 0.29) is 29.6 Å². The third-order valence-corrected chi connectivity index (χ3v) is 8.10. The quantitative estimate of drug-likeness (QED) is 0.347. The molecule has 1 atom stereocenters. The summed E-state index contributed by atoms with van der Waals surface area (Å²) in [6.45, 7) is 8.46. The third-order valence-electron chi connectivity index (χ3n) is 8.10. The molecule has 38 heavy (non-hydrogen) atoms. The van der Waals surface area contributed by atoms with Crippen molar-refractivity contribution in [2.75, 3.05) is 26.2 Å². The lowest BCUT2D eigenvalue weighted by Crippen LogP contribution is -2.47. The molecule has 0 radical (unpaired) electrons. The van der Waals surface area contributed by atoms with Gasteiger partial charge in [-0.3, -0.25) is 4.79 Å². The van der Waals surface area contributed by atoms with Gasteiger partial charge in [0.25, 0.3) is 0 Å². The van der Waals surface area contributed by atoms with E-state index < -0.39 is 0 Å². The van der Waals surface area contributed by atoms with Crippen LogP contribution in [0.5, 0.6) is 5.75 Å². The molecular weight excluding hydrogens is 475 g/mol. The number of benzene rings is 3. The standard InChI is InChI=1S/C33H39FN2O2/c1-24(2)32-31-12-11-29(34)22-28(31)16-20-36(32)33(37)27-14-18-35(19-15-27)17-13-25-9-6-10-30(21-25)38-23-26-7-4-3-5-8-26/h3-12,21-22,24,27,32H,13-20,23H2,1-2H3. The lowest BCUT2D eigenvalue weighted by molar-refractivity contribution is -0.141. The molecule has 3 aromatic rings. The number of nitrogens with zero attached hydrogens (tertiary/aromatic N) is 2. The molecule has 0 aromatic heterocycles. The van der Waals surface area contributed by atoms with Crippen LogP contribution in [-0.4, -0.2) is 41.9 Å². The van der Waals surface area contributed by atoms with Gasteiger partial charge in [-0.1, -0.05) is 62.4 Å². The molecule has 200 valence electrons. The first-order chi connectivity index (χ1) is 18.5. The van der Waals surface area contributed by atoms with Gasteiger partial charge in [0, 0.05) is 19.0 Å². The number of halogens is 1. The van der Waals surface area contributed by atoms with Crippen molar-refractivity contribution < 1.29 is 13.9 Å². The number of likely N-dealkylation sites (tertiary alicyclic amines) is 1. The van der Waals surface area contributed by atoms with Crippen LogP contribution >= 0.6 is 0 Å². The van der Waals surface area contributed by atoms with Crippen LogP contribution in [0.25, 0.3) is 0 Å². The maximum atomic E-state index is 13.8. The van der Waals surface area contributed by atoms with Gasteiger partial charge in [-0.2, -0.15) is 0 Å². The number of ether oxygens (including phenoxy) is 1. The summed E-state index contributed by atoms with van der Waals surface area (Å²) in [5, 5.41) is 0. The van der Waals surface area contributed by atoms with E-state index in [9.17, 15) is 9.18 Å². The number of carbonyl (C=O) groups excluding carboxylic acids is 1. The van der Waals surface area contributed by atoms with Crippen LogP contribution in [0.4, 0.5) is 4.39 Å². The van der Waals surface area contributed by atoms with Crippen LogP contribution in [0.2, 0.25) is 0 Å². The minimum absolute atomic E-state index is 0.0289. The molecule has 2 aliphatic rings. The lowest BCUT2D eigenvalue weighted by atomic mass is 9.84. The average molecular weight is 515 g/mol. The predicted octanol–water partition coefficient (Wildman–Crippen LogP) is 6.44. The van der Waals surface area contributed by atoms with Gasteiger partial charge in [-0.25, -0.2) is 4.39 Å². The van der Waals surface area contributed by atoms with Crippen LogP contribution in [0.15, 0.2) is 72.8 Å². The minimum atomic E-state index is -0.190. The highest BCUT2D eigenvalue weighted by molar-refractivity contribution is 5.80. The zero-order valence-electron chi connectivity index (χ0n) is 22.6. The van der Waals surface area contributed by atoms with E-state index in [0.29, 0.717) is 13.2 Å². The van der Waals surface area contributed by atoms with E-state index in [2.05, 4.69) is 54.0 Å². The molecule has 5 rings (SSSR count). The molecule has 3 aromatic carbocycles. The molecule has 1 fully saturated rings. The van der Waals surface area contributed by atoms with Crippen molar-refractivity contribution in [1.82, 2.24) is 9.80 Å². The smallest absolute Gasteiger partial charge is 0.226 e. The summed E-state index contributed by atoms with van der Waals surface area (Å²) in [5.74, 6) is 1.35. The van der Waals surface area contributed by atoms with Gasteiger partial charge in [-0.05, 0) is 91.2 Å². The van der Waals surface area contributed by atoms with Crippen LogP contribution < -0.4 is 4.74 Å². The summed E-state index contributed by atoms with van der Waals surface area (Å²) in [7, 11) is 0. The van der Waals surface area contributed by atoms with E-state index in [0.717, 1.165) is 67.8 Å². The molecule has 0 N–H and O–H groups in total. The van der Waals surface area contributed by atoms with E-state index in [4.69, 9.17) is 4.74 Å². The normalized spacial score (nSPS) is 18.4. The van der Waals surface area contributed by atoms with E-state index in [1.54, 1.807) is 6.07 Å². The Morgan fingerprint density at radius 3 is 2.47 bits per heavy atom. The Labute approximate surface area is 226 Å². The highest BCUT2D eigenvalue weighted by atomic mass is 19.1. The van der Waals surface area contributed by atoms with Crippen LogP contribution in [0, 0.1) is 17.7 Å². The van der Waals surface area contributed by atoms with Crippen molar-refractivity contribution in [3.63, 3.8) is 0 Å². The highest BCUT2D eigenvalue weighted by Gasteiger charge is 2.37. The molecule has 5 heteroatoms. The first-order valence-corrected chi connectivity index (χ1v) is 14.0. The van der Waals surface area contributed by atoms with Gasteiger partial charge in [-0.15, -0.1) is 0 Å². The molecule has 0 spiro atoms. The van der Waals surface area contributed by atoms with Crippen molar-refractivity contribution in [1.29, 1.82) is 0 Å². The Morgan fingerprint density at radius 1 is 0.947 bits per heavy atom. The summed E-state index contributed by atoms with van der Waals surface area (Å²) < 4.78 is 19.8. The first kappa shape index (κ1) is 26.4. The molecule has 1 unspecified atom stereocenters. The van der Waals surface area contributed by atoms with Crippen LogP contribution in [0.1, 0.15) is 55.0 Å². The Bertz CT molecular complexity index is 1220. The van der Waals surface area contributed by atoms with Crippen LogP contribution in [0.3, 0.4) is 0 Å². The monoisotopic (exact) mass is 514 g/mol. The first-order valence-electron chi connectivity index (χ1n) is 14.0. The number of piperidine rings is 1. The number of amides is 1. The van der Waals surface area contributed by atoms with Crippen molar-refractivity contribution in [2.45, 2.75) is 52.2 Å². The topological polar surface area (TPSA) is 32.8 Å². The van der Waals surface area contributed by atoms with E-state index in [1.165, 1.54) is 11.6 Å². The number of rotatable bonds is 8.